The van der Waals surface area contributed by atoms with E-state index in [-0.39, 0.29) is 5.60 Å². The van der Waals surface area contributed by atoms with Crippen molar-refractivity contribution in [2.75, 3.05) is 26.4 Å². The predicted octanol–water partition coefficient (Wildman–Crippen LogP) is 1.96. The summed E-state index contributed by atoms with van der Waals surface area (Å²) in [5, 5.41) is 3.66. The highest BCUT2D eigenvalue weighted by atomic mass is 16.5. The van der Waals surface area contributed by atoms with E-state index in [1.165, 1.54) is 12.8 Å². The molecule has 3 heteroatoms. The Morgan fingerprint density at radius 1 is 1.31 bits per heavy atom. The third-order valence-electron chi connectivity index (χ3n) is 4.19. The lowest BCUT2D eigenvalue weighted by Gasteiger charge is -2.47. The van der Waals surface area contributed by atoms with Crippen LogP contribution in [0.3, 0.4) is 0 Å². The first-order valence-corrected chi connectivity index (χ1v) is 6.72. The maximum absolute atomic E-state index is 6.12. The van der Waals surface area contributed by atoms with Crippen LogP contribution in [0.4, 0.5) is 0 Å². The van der Waals surface area contributed by atoms with Crippen molar-refractivity contribution in [2.24, 2.45) is 5.92 Å². The first-order chi connectivity index (χ1) is 7.77. The summed E-state index contributed by atoms with van der Waals surface area (Å²) < 4.78 is 11.6. The lowest BCUT2D eigenvalue weighted by molar-refractivity contribution is -0.151. The van der Waals surface area contributed by atoms with Crippen LogP contribution in [0.15, 0.2) is 0 Å². The number of ether oxygens (including phenoxy) is 2. The van der Waals surface area contributed by atoms with Gasteiger partial charge in [0.25, 0.3) is 0 Å². The molecule has 0 aliphatic carbocycles. The molecule has 2 rings (SSSR count). The quantitative estimate of drug-likeness (QED) is 0.799. The standard InChI is InChI=1S/C13H25NO2/c1-3-11(2)10-12-13(16-9-6-14-12)4-7-15-8-5-13/h11-12,14H,3-10H2,1-2H3. The molecule has 2 fully saturated rings. The number of rotatable bonds is 3. The molecule has 2 saturated heterocycles. The third-order valence-corrected chi connectivity index (χ3v) is 4.19. The topological polar surface area (TPSA) is 30.5 Å². The van der Waals surface area contributed by atoms with Gasteiger partial charge in [-0.15, -0.1) is 0 Å². The lowest BCUT2D eigenvalue weighted by Crippen LogP contribution is -2.60. The number of hydrogen-bond donors (Lipinski definition) is 1. The van der Waals surface area contributed by atoms with Crippen LogP contribution >= 0.6 is 0 Å². The molecule has 2 aliphatic rings. The molecule has 0 saturated carbocycles. The molecule has 94 valence electrons. The van der Waals surface area contributed by atoms with E-state index in [9.17, 15) is 0 Å². The minimum Gasteiger partial charge on any atom is -0.381 e. The normalized spacial score (nSPS) is 31.5. The van der Waals surface area contributed by atoms with Gasteiger partial charge in [-0.25, -0.2) is 0 Å². The van der Waals surface area contributed by atoms with Gasteiger partial charge in [-0.2, -0.15) is 0 Å². The first-order valence-electron chi connectivity index (χ1n) is 6.72. The van der Waals surface area contributed by atoms with Crippen LogP contribution in [0.25, 0.3) is 0 Å². The minimum atomic E-state index is 0.0694. The van der Waals surface area contributed by atoms with Gasteiger partial charge in [0.05, 0.1) is 12.2 Å². The van der Waals surface area contributed by atoms with Gasteiger partial charge in [0.15, 0.2) is 0 Å². The molecule has 0 aromatic rings. The second-order valence-electron chi connectivity index (χ2n) is 5.28. The van der Waals surface area contributed by atoms with Gasteiger partial charge in [0.1, 0.15) is 0 Å². The molecule has 0 bridgehead atoms. The van der Waals surface area contributed by atoms with Crippen LogP contribution in [0.5, 0.6) is 0 Å². The van der Waals surface area contributed by atoms with Crippen LogP contribution in [-0.2, 0) is 9.47 Å². The summed E-state index contributed by atoms with van der Waals surface area (Å²) in [5.74, 6) is 0.777. The summed E-state index contributed by atoms with van der Waals surface area (Å²) in [4.78, 5) is 0. The Morgan fingerprint density at radius 2 is 2.06 bits per heavy atom. The van der Waals surface area contributed by atoms with Gasteiger partial charge in [0, 0.05) is 38.6 Å². The first kappa shape index (κ1) is 12.3. The zero-order valence-electron chi connectivity index (χ0n) is 10.6. The largest absolute Gasteiger partial charge is 0.381 e. The molecule has 0 amide bonds. The Kier molecular flexibility index (Phi) is 4.22. The van der Waals surface area contributed by atoms with Crippen molar-refractivity contribution in [1.29, 1.82) is 0 Å². The van der Waals surface area contributed by atoms with Gasteiger partial charge in [-0.05, 0) is 12.3 Å². The monoisotopic (exact) mass is 227 g/mol. The minimum absolute atomic E-state index is 0.0694. The molecule has 0 aromatic carbocycles. The highest BCUT2D eigenvalue weighted by molar-refractivity contribution is 4.97. The molecular weight excluding hydrogens is 202 g/mol. The van der Waals surface area contributed by atoms with Crippen molar-refractivity contribution in [3.63, 3.8) is 0 Å². The predicted molar refractivity (Wildman–Crippen MR) is 64.6 cm³/mol. The van der Waals surface area contributed by atoms with E-state index in [0.29, 0.717) is 6.04 Å². The van der Waals surface area contributed by atoms with Gasteiger partial charge in [0.2, 0.25) is 0 Å². The van der Waals surface area contributed by atoms with Crippen LogP contribution in [0.1, 0.15) is 39.5 Å². The second-order valence-corrected chi connectivity index (χ2v) is 5.28. The smallest absolute Gasteiger partial charge is 0.0879 e. The molecule has 0 aromatic heterocycles. The summed E-state index contributed by atoms with van der Waals surface area (Å²) in [6.45, 7) is 8.19. The number of morpholine rings is 1. The maximum atomic E-state index is 6.12. The Labute approximate surface area is 98.9 Å². The molecule has 2 aliphatic heterocycles. The summed E-state index contributed by atoms with van der Waals surface area (Å²) in [6.07, 6.45) is 4.60. The molecule has 1 spiro atoms. The highest BCUT2D eigenvalue weighted by Crippen LogP contribution is 2.34. The molecule has 2 heterocycles. The van der Waals surface area contributed by atoms with Crippen molar-refractivity contribution in [2.45, 2.75) is 51.2 Å². The Balaban J connectivity index is 2.00. The van der Waals surface area contributed by atoms with E-state index in [1.807, 2.05) is 0 Å². The maximum Gasteiger partial charge on any atom is 0.0879 e. The molecule has 0 radical (unpaired) electrons. The number of hydrogen-bond acceptors (Lipinski definition) is 3. The molecule has 2 atom stereocenters. The van der Waals surface area contributed by atoms with Crippen molar-refractivity contribution >= 4 is 0 Å². The summed E-state index contributed by atoms with van der Waals surface area (Å²) >= 11 is 0. The zero-order valence-corrected chi connectivity index (χ0v) is 10.6. The summed E-state index contributed by atoms with van der Waals surface area (Å²) in [7, 11) is 0. The van der Waals surface area contributed by atoms with E-state index in [2.05, 4.69) is 19.2 Å². The molecule has 16 heavy (non-hydrogen) atoms. The average Bonchev–Trinajstić information content (AvgIpc) is 2.33. The van der Waals surface area contributed by atoms with Crippen LogP contribution in [0.2, 0.25) is 0 Å². The average molecular weight is 227 g/mol. The van der Waals surface area contributed by atoms with E-state index < -0.39 is 0 Å². The molecule has 2 unspecified atom stereocenters. The van der Waals surface area contributed by atoms with Gasteiger partial charge >= 0.3 is 0 Å². The fourth-order valence-electron chi connectivity index (χ4n) is 2.85. The molecule has 3 nitrogen and oxygen atoms in total. The Bertz CT molecular complexity index is 206. The second kappa shape index (κ2) is 5.48. The van der Waals surface area contributed by atoms with Gasteiger partial charge < -0.3 is 14.8 Å². The summed E-state index contributed by atoms with van der Waals surface area (Å²) in [5.41, 5.74) is 0.0694. The van der Waals surface area contributed by atoms with Crippen molar-refractivity contribution in [3.8, 4) is 0 Å². The van der Waals surface area contributed by atoms with Gasteiger partial charge in [-0.1, -0.05) is 20.3 Å². The molecule has 1 N–H and O–H groups in total. The summed E-state index contributed by atoms with van der Waals surface area (Å²) in [6, 6.07) is 0.528. The van der Waals surface area contributed by atoms with Crippen molar-refractivity contribution < 1.29 is 9.47 Å². The van der Waals surface area contributed by atoms with E-state index >= 15 is 0 Å². The van der Waals surface area contributed by atoms with Crippen molar-refractivity contribution in [1.82, 2.24) is 5.32 Å². The number of nitrogens with one attached hydrogen (secondary N) is 1. The SMILES string of the molecule is CCC(C)CC1NCCOC12CCOCC2. The third kappa shape index (κ3) is 2.58. The lowest BCUT2D eigenvalue weighted by atomic mass is 9.80. The van der Waals surface area contributed by atoms with Crippen LogP contribution in [0, 0.1) is 5.92 Å². The highest BCUT2D eigenvalue weighted by Gasteiger charge is 2.43. The Hall–Kier alpha value is -0.120. The van der Waals surface area contributed by atoms with Crippen LogP contribution in [-0.4, -0.2) is 38.0 Å². The Morgan fingerprint density at radius 3 is 2.75 bits per heavy atom. The fraction of sp³-hybridized carbons (Fsp3) is 1.00. The molecular formula is C13H25NO2. The van der Waals surface area contributed by atoms with E-state index in [1.54, 1.807) is 0 Å². The van der Waals surface area contributed by atoms with Gasteiger partial charge in [-0.3, -0.25) is 0 Å². The fourth-order valence-corrected chi connectivity index (χ4v) is 2.85. The van der Waals surface area contributed by atoms with Crippen LogP contribution < -0.4 is 5.32 Å². The zero-order chi connectivity index (χ0) is 11.4. The van der Waals surface area contributed by atoms with Crippen molar-refractivity contribution in [3.05, 3.63) is 0 Å². The van der Waals surface area contributed by atoms with E-state index in [4.69, 9.17) is 9.47 Å². The van der Waals surface area contributed by atoms with E-state index in [0.717, 1.165) is 45.1 Å².